The molecule has 5 rings (SSSR count). The van der Waals surface area contributed by atoms with E-state index in [0.29, 0.717) is 68.1 Å². The van der Waals surface area contributed by atoms with Gasteiger partial charge >= 0.3 is 12.1 Å². The molecule has 1 saturated heterocycles. The number of nitrogens with one attached hydrogen (secondary N) is 3. The number of anilines is 3. The first kappa shape index (κ1) is 32.0. The highest BCUT2D eigenvalue weighted by atomic mass is 32.1. The fourth-order valence-corrected chi connectivity index (χ4v) is 5.34. The summed E-state index contributed by atoms with van der Waals surface area (Å²) in [5.74, 6) is 0.799. The maximum absolute atomic E-state index is 13.5. The second-order valence-corrected chi connectivity index (χ2v) is 12.2. The highest BCUT2D eigenvalue weighted by molar-refractivity contribution is 7.09. The van der Waals surface area contributed by atoms with Crippen molar-refractivity contribution in [1.82, 2.24) is 14.8 Å². The van der Waals surface area contributed by atoms with Crippen molar-refractivity contribution >= 4 is 46.4 Å². The highest BCUT2D eigenvalue weighted by Gasteiger charge is 2.21. The molecule has 0 saturated carbocycles. The molecule has 0 aliphatic carbocycles. The smallest absolute Gasteiger partial charge is 0.412 e. The molecular weight excluding hydrogens is 600 g/mol. The van der Waals surface area contributed by atoms with Crippen LogP contribution in [-0.4, -0.2) is 91.0 Å². The van der Waals surface area contributed by atoms with Crippen LogP contribution in [0, 0.1) is 0 Å². The van der Waals surface area contributed by atoms with E-state index in [4.69, 9.17) is 18.9 Å². The van der Waals surface area contributed by atoms with Crippen molar-refractivity contribution in [1.29, 1.82) is 0 Å². The first-order chi connectivity index (χ1) is 21.6. The van der Waals surface area contributed by atoms with E-state index in [1.165, 1.54) is 11.3 Å². The molecule has 3 aromatic rings. The van der Waals surface area contributed by atoms with Crippen LogP contribution >= 0.6 is 11.3 Å². The standard InChI is InChI=1S/C31H38N6O7S/c1-31(2,3)44-30(40)35-25-20-45-19-24(25)34-28(38)23-6-4-21(17-32-23)18-37(9-8-36-10-12-41-13-11-36)29(39)33-22-5-7-26-27(16-22)43-15-14-42-26/h4-7,16-17,19-20H,8-15,18H2,1-3H3,(H,33,39)(H,34,38)(H,35,40). The Labute approximate surface area is 265 Å². The molecule has 0 spiro atoms. The quantitative estimate of drug-likeness (QED) is 0.299. The van der Waals surface area contributed by atoms with Crippen LogP contribution in [0.4, 0.5) is 26.7 Å². The summed E-state index contributed by atoms with van der Waals surface area (Å²) in [6.07, 6.45) is 0.969. The summed E-state index contributed by atoms with van der Waals surface area (Å²) in [7, 11) is 0. The van der Waals surface area contributed by atoms with Crippen molar-refractivity contribution < 1.29 is 33.3 Å². The maximum atomic E-state index is 13.5. The SMILES string of the molecule is CC(C)(C)OC(=O)Nc1cscc1NC(=O)c1ccc(CN(CCN2CCOCC2)C(=O)Nc2ccc3c(c2)OCCO3)cn1. The number of hydrogen-bond donors (Lipinski definition) is 3. The molecule has 1 aromatic carbocycles. The Morgan fingerprint density at radius 1 is 0.956 bits per heavy atom. The number of benzene rings is 1. The number of carbonyl (C=O) groups is 3. The first-order valence-electron chi connectivity index (χ1n) is 14.7. The van der Waals surface area contributed by atoms with Crippen molar-refractivity contribution in [2.24, 2.45) is 0 Å². The van der Waals surface area contributed by atoms with E-state index in [9.17, 15) is 14.4 Å². The number of morpholine rings is 1. The molecule has 2 aliphatic heterocycles. The van der Waals surface area contributed by atoms with Gasteiger partial charge in [0.2, 0.25) is 0 Å². The van der Waals surface area contributed by atoms with E-state index in [2.05, 4.69) is 25.8 Å². The van der Waals surface area contributed by atoms with E-state index >= 15 is 0 Å². The fraction of sp³-hybridized carbons (Fsp3) is 0.419. The molecule has 240 valence electrons. The monoisotopic (exact) mass is 638 g/mol. The summed E-state index contributed by atoms with van der Waals surface area (Å²) in [6, 6.07) is 8.42. The Kier molecular flexibility index (Phi) is 10.4. The molecule has 1 fully saturated rings. The lowest BCUT2D eigenvalue weighted by atomic mass is 10.2. The number of fused-ring (bicyclic) bond motifs is 1. The van der Waals surface area contributed by atoms with E-state index in [0.717, 1.165) is 18.7 Å². The summed E-state index contributed by atoms with van der Waals surface area (Å²) in [5, 5.41) is 11.8. The van der Waals surface area contributed by atoms with Gasteiger partial charge in [0.15, 0.2) is 11.5 Å². The summed E-state index contributed by atoms with van der Waals surface area (Å²) < 4.78 is 22.0. The minimum atomic E-state index is -0.653. The lowest BCUT2D eigenvalue weighted by Crippen LogP contribution is -2.44. The molecule has 13 nitrogen and oxygen atoms in total. The Hall–Kier alpha value is -4.40. The average molecular weight is 639 g/mol. The molecule has 0 unspecified atom stereocenters. The molecule has 45 heavy (non-hydrogen) atoms. The minimum Gasteiger partial charge on any atom is -0.486 e. The number of hydrogen-bond acceptors (Lipinski definition) is 10. The number of rotatable bonds is 9. The van der Waals surface area contributed by atoms with Crippen molar-refractivity contribution in [3.05, 3.63) is 58.5 Å². The molecule has 4 amide bonds. The van der Waals surface area contributed by atoms with Crippen LogP contribution < -0.4 is 25.4 Å². The van der Waals surface area contributed by atoms with Crippen molar-refractivity contribution in [3.8, 4) is 11.5 Å². The lowest BCUT2D eigenvalue weighted by Gasteiger charge is -2.30. The van der Waals surface area contributed by atoms with E-state index in [1.807, 2.05) is 0 Å². The Morgan fingerprint density at radius 2 is 1.69 bits per heavy atom. The third kappa shape index (κ3) is 9.30. The second-order valence-electron chi connectivity index (χ2n) is 11.5. The van der Waals surface area contributed by atoms with E-state index in [1.54, 1.807) is 73.0 Å². The van der Waals surface area contributed by atoms with Gasteiger partial charge in [0, 0.05) is 61.4 Å². The molecule has 14 heteroatoms. The second kappa shape index (κ2) is 14.6. The summed E-state index contributed by atoms with van der Waals surface area (Å²) in [5.41, 5.74) is 1.76. The van der Waals surface area contributed by atoms with Gasteiger partial charge < -0.3 is 34.5 Å². The predicted octanol–water partition coefficient (Wildman–Crippen LogP) is 4.88. The normalized spacial score (nSPS) is 14.7. The van der Waals surface area contributed by atoms with Gasteiger partial charge in [-0.05, 0) is 44.5 Å². The summed E-state index contributed by atoms with van der Waals surface area (Å²) >= 11 is 1.32. The van der Waals surface area contributed by atoms with Gasteiger partial charge in [0.25, 0.3) is 5.91 Å². The minimum absolute atomic E-state index is 0.189. The zero-order valence-electron chi connectivity index (χ0n) is 25.6. The highest BCUT2D eigenvalue weighted by Crippen LogP contribution is 2.33. The van der Waals surface area contributed by atoms with Crippen molar-refractivity contribution in [2.45, 2.75) is 32.9 Å². The van der Waals surface area contributed by atoms with Crippen LogP contribution in [0.25, 0.3) is 0 Å². The van der Waals surface area contributed by atoms with Gasteiger partial charge in [-0.25, -0.2) is 9.59 Å². The van der Waals surface area contributed by atoms with Gasteiger partial charge in [-0.3, -0.25) is 20.0 Å². The van der Waals surface area contributed by atoms with E-state index in [-0.39, 0.29) is 18.3 Å². The van der Waals surface area contributed by atoms with Crippen molar-refractivity contribution in [2.75, 3.05) is 68.6 Å². The van der Waals surface area contributed by atoms with Crippen LogP contribution in [0.2, 0.25) is 0 Å². The van der Waals surface area contributed by atoms with Crippen LogP contribution in [0.5, 0.6) is 11.5 Å². The molecule has 3 N–H and O–H groups in total. The number of ether oxygens (including phenoxy) is 4. The van der Waals surface area contributed by atoms with Crippen LogP contribution in [0.15, 0.2) is 47.3 Å². The lowest BCUT2D eigenvalue weighted by molar-refractivity contribution is 0.0349. The number of amides is 4. The van der Waals surface area contributed by atoms with Crippen molar-refractivity contribution in [3.63, 3.8) is 0 Å². The molecule has 0 radical (unpaired) electrons. The summed E-state index contributed by atoms with van der Waals surface area (Å²) in [6.45, 7) is 10.7. The van der Waals surface area contributed by atoms with Gasteiger partial charge in [0.05, 0.1) is 24.6 Å². The average Bonchev–Trinajstić information content (AvgIpc) is 3.44. The third-order valence-electron chi connectivity index (χ3n) is 6.85. The van der Waals surface area contributed by atoms with Crippen LogP contribution in [0.1, 0.15) is 36.8 Å². The van der Waals surface area contributed by atoms with E-state index < -0.39 is 17.6 Å². The maximum Gasteiger partial charge on any atom is 0.412 e. The number of pyridine rings is 1. The zero-order valence-corrected chi connectivity index (χ0v) is 26.4. The molecule has 2 aromatic heterocycles. The zero-order chi connectivity index (χ0) is 31.8. The Morgan fingerprint density at radius 3 is 2.40 bits per heavy atom. The molecule has 4 heterocycles. The first-order valence-corrected chi connectivity index (χ1v) is 15.7. The van der Waals surface area contributed by atoms with Crippen LogP contribution in [0.3, 0.4) is 0 Å². The Balaban J connectivity index is 1.22. The molecule has 0 bridgehead atoms. The largest absolute Gasteiger partial charge is 0.486 e. The molecule has 2 aliphatic rings. The number of aromatic nitrogens is 1. The number of thiophene rings is 1. The van der Waals surface area contributed by atoms with Gasteiger partial charge in [-0.1, -0.05) is 6.07 Å². The number of nitrogens with zero attached hydrogens (tertiary/aromatic N) is 3. The van der Waals surface area contributed by atoms with Gasteiger partial charge in [-0.15, -0.1) is 11.3 Å². The van der Waals surface area contributed by atoms with Gasteiger partial charge in [-0.2, -0.15) is 0 Å². The summed E-state index contributed by atoms with van der Waals surface area (Å²) in [4.78, 5) is 47.0. The molecule has 0 atom stereocenters. The third-order valence-corrected chi connectivity index (χ3v) is 7.59. The fourth-order valence-electron chi connectivity index (χ4n) is 4.63. The van der Waals surface area contributed by atoms with Gasteiger partial charge in [0.1, 0.15) is 24.5 Å². The predicted molar refractivity (Wildman–Crippen MR) is 170 cm³/mol. The molecular formula is C31H38N6O7S. The Bertz CT molecular complexity index is 1480. The number of urea groups is 1. The topological polar surface area (TPSA) is 144 Å². The van der Waals surface area contributed by atoms with Crippen LogP contribution in [-0.2, 0) is 16.0 Å². The number of carbonyl (C=O) groups excluding carboxylic acids is 3.